The maximum atomic E-state index is 14.0. The molecule has 20 heavy (non-hydrogen) atoms. The molecule has 0 aliphatic rings. The molecule has 3 nitrogen and oxygen atoms in total. The van der Waals surface area contributed by atoms with Gasteiger partial charge in [-0.05, 0) is 25.0 Å². The van der Waals surface area contributed by atoms with Crippen molar-refractivity contribution in [2.24, 2.45) is 0 Å². The number of carbonyl (C=O) groups excluding carboxylic acids is 1. The van der Waals surface area contributed by atoms with Crippen LogP contribution < -0.4 is 4.74 Å². The lowest BCUT2D eigenvalue weighted by Crippen LogP contribution is -2.41. The molecule has 0 saturated heterocycles. The number of benzene rings is 1. The monoisotopic (exact) mass is 301 g/mol. The van der Waals surface area contributed by atoms with Gasteiger partial charge in [-0.25, -0.2) is 4.39 Å². The predicted molar refractivity (Wildman–Crippen MR) is 79.1 cm³/mol. The quantitative estimate of drug-likeness (QED) is 0.719. The Labute approximate surface area is 124 Å². The average molecular weight is 302 g/mol. The third kappa shape index (κ3) is 3.85. The second-order valence-electron chi connectivity index (χ2n) is 4.50. The van der Waals surface area contributed by atoms with Gasteiger partial charge in [-0.1, -0.05) is 13.8 Å². The molecule has 1 amide bonds. The molecular formula is C15H21ClFNO2. The first-order valence-corrected chi connectivity index (χ1v) is 7.32. The normalized spacial score (nSPS) is 10.7. The molecule has 0 N–H and O–H groups in total. The number of halogens is 2. The van der Waals surface area contributed by atoms with Crippen LogP contribution in [-0.2, 0) is 0 Å². The highest BCUT2D eigenvalue weighted by molar-refractivity contribution is 6.18. The molecule has 0 saturated carbocycles. The third-order valence-corrected chi connectivity index (χ3v) is 3.55. The molecule has 112 valence electrons. The number of hydrogen-bond donors (Lipinski definition) is 0. The average Bonchev–Trinajstić information content (AvgIpc) is 2.46. The van der Waals surface area contributed by atoms with Crippen molar-refractivity contribution >= 4 is 17.5 Å². The maximum Gasteiger partial charge on any atom is 0.257 e. The lowest BCUT2D eigenvalue weighted by molar-refractivity contribution is 0.0677. The molecule has 1 aromatic rings. The number of rotatable bonds is 7. The summed E-state index contributed by atoms with van der Waals surface area (Å²) < 4.78 is 18.9. The zero-order chi connectivity index (χ0) is 15.1. The van der Waals surface area contributed by atoms with E-state index in [1.807, 2.05) is 13.8 Å². The number of nitrogens with zero attached hydrogens (tertiary/aromatic N) is 1. The number of carbonyl (C=O) groups is 1. The predicted octanol–water partition coefficient (Wildman–Crippen LogP) is 3.70. The second-order valence-corrected chi connectivity index (χ2v) is 4.88. The van der Waals surface area contributed by atoms with E-state index in [-0.39, 0.29) is 17.5 Å². The SMILES string of the molecule is CCC(CC)N(CCCl)C(=O)c1ccc(OC)cc1F. The molecule has 1 rings (SSSR count). The summed E-state index contributed by atoms with van der Waals surface area (Å²) in [5.41, 5.74) is 0.0582. The topological polar surface area (TPSA) is 29.5 Å². The van der Waals surface area contributed by atoms with Crippen molar-refractivity contribution in [2.45, 2.75) is 32.7 Å². The highest BCUT2D eigenvalue weighted by atomic mass is 35.5. The lowest BCUT2D eigenvalue weighted by atomic mass is 10.1. The molecule has 0 aliphatic carbocycles. The molecular weight excluding hydrogens is 281 g/mol. The molecule has 0 bridgehead atoms. The Balaban J connectivity index is 3.05. The molecule has 0 aromatic heterocycles. The van der Waals surface area contributed by atoms with E-state index in [2.05, 4.69) is 0 Å². The Bertz CT molecular complexity index is 449. The van der Waals surface area contributed by atoms with Gasteiger partial charge in [0.05, 0.1) is 12.7 Å². The van der Waals surface area contributed by atoms with Crippen LogP contribution in [0.2, 0.25) is 0 Å². The summed E-state index contributed by atoms with van der Waals surface area (Å²) in [5.74, 6) is -0.162. The smallest absolute Gasteiger partial charge is 0.257 e. The fourth-order valence-electron chi connectivity index (χ4n) is 2.22. The van der Waals surface area contributed by atoms with E-state index in [9.17, 15) is 9.18 Å². The van der Waals surface area contributed by atoms with Gasteiger partial charge >= 0.3 is 0 Å². The van der Waals surface area contributed by atoms with Crippen LogP contribution in [0.1, 0.15) is 37.0 Å². The minimum atomic E-state index is -0.570. The van der Waals surface area contributed by atoms with Crippen molar-refractivity contribution in [3.63, 3.8) is 0 Å². The fourth-order valence-corrected chi connectivity index (χ4v) is 2.40. The van der Waals surface area contributed by atoms with Crippen molar-refractivity contribution in [3.05, 3.63) is 29.6 Å². The number of ether oxygens (including phenoxy) is 1. The zero-order valence-electron chi connectivity index (χ0n) is 12.2. The van der Waals surface area contributed by atoms with Gasteiger partial charge in [0.2, 0.25) is 0 Å². The van der Waals surface area contributed by atoms with Gasteiger partial charge in [0.15, 0.2) is 0 Å². The summed E-state index contributed by atoms with van der Waals surface area (Å²) in [5, 5.41) is 0. The standard InChI is InChI=1S/C15H21ClFNO2/c1-4-11(5-2)18(9-8-16)15(19)13-7-6-12(20-3)10-14(13)17/h6-7,10-11H,4-5,8-9H2,1-3H3. The minimum absolute atomic E-state index is 0.0582. The summed E-state index contributed by atoms with van der Waals surface area (Å²) in [6, 6.07) is 4.34. The second kappa shape index (κ2) is 8.10. The Morgan fingerprint density at radius 1 is 1.40 bits per heavy atom. The van der Waals surface area contributed by atoms with E-state index < -0.39 is 5.82 Å². The molecule has 1 aromatic carbocycles. The molecule has 0 spiro atoms. The van der Waals surface area contributed by atoms with Crippen LogP contribution in [0.15, 0.2) is 18.2 Å². The van der Waals surface area contributed by atoms with Gasteiger partial charge in [-0.15, -0.1) is 11.6 Å². The van der Waals surface area contributed by atoms with Crippen molar-refractivity contribution in [3.8, 4) is 5.75 Å². The van der Waals surface area contributed by atoms with Gasteiger partial charge in [-0.2, -0.15) is 0 Å². The molecule has 0 fully saturated rings. The maximum absolute atomic E-state index is 14.0. The first kappa shape index (κ1) is 16.8. The van der Waals surface area contributed by atoms with E-state index in [4.69, 9.17) is 16.3 Å². The fraction of sp³-hybridized carbons (Fsp3) is 0.533. The van der Waals surface area contributed by atoms with Gasteiger partial charge in [0.1, 0.15) is 11.6 Å². The lowest BCUT2D eigenvalue weighted by Gasteiger charge is -2.30. The number of methoxy groups -OCH3 is 1. The third-order valence-electron chi connectivity index (χ3n) is 3.38. The van der Waals surface area contributed by atoms with Crippen molar-refractivity contribution < 1.29 is 13.9 Å². The van der Waals surface area contributed by atoms with Crippen molar-refractivity contribution in [2.75, 3.05) is 19.5 Å². The van der Waals surface area contributed by atoms with Gasteiger partial charge in [0.25, 0.3) is 5.91 Å². The first-order chi connectivity index (χ1) is 9.58. The van der Waals surface area contributed by atoms with E-state index in [1.54, 1.807) is 11.0 Å². The van der Waals surface area contributed by atoms with E-state index in [0.29, 0.717) is 18.2 Å². The molecule has 5 heteroatoms. The minimum Gasteiger partial charge on any atom is -0.497 e. The molecule has 0 heterocycles. The Morgan fingerprint density at radius 3 is 2.50 bits per heavy atom. The first-order valence-electron chi connectivity index (χ1n) is 6.79. The summed E-state index contributed by atoms with van der Waals surface area (Å²) in [7, 11) is 1.46. The van der Waals surface area contributed by atoms with E-state index >= 15 is 0 Å². The zero-order valence-corrected chi connectivity index (χ0v) is 12.9. The van der Waals surface area contributed by atoms with Gasteiger partial charge < -0.3 is 9.64 Å². The Kier molecular flexibility index (Phi) is 6.79. The van der Waals surface area contributed by atoms with E-state index in [1.165, 1.54) is 19.2 Å². The Morgan fingerprint density at radius 2 is 2.05 bits per heavy atom. The van der Waals surface area contributed by atoms with Gasteiger partial charge in [-0.3, -0.25) is 4.79 Å². The van der Waals surface area contributed by atoms with E-state index in [0.717, 1.165) is 12.8 Å². The van der Waals surface area contributed by atoms with Crippen molar-refractivity contribution in [1.82, 2.24) is 4.90 Å². The summed E-state index contributed by atoms with van der Waals surface area (Å²) >= 11 is 5.77. The molecule has 0 aliphatic heterocycles. The highest BCUT2D eigenvalue weighted by Gasteiger charge is 2.24. The molecule has 0 radical (unpaired) electrons. The summed E-state index contributed by atoms with van der Waals surface area (Å²) in [6.07, 6.45) is 1.63. The van der Waals surface area contributed by atoms with Crippen molar-refractivity contribution in [1.29, 1.82) is 0 Å². The van der Waals surface area contributed by atoms with Crippen LogP contribution in [0.5, 0.6) is 5.75 Å². The van der Waals surface area contributed by atoms with Crippen LogP contribution in [0.25, 0.3) is 0 Å². The summed E-state index contributed by atoms with van der Waals surface area (Å²) in [6.45, 7) is 4.43. The van der Waals surface area contributed by atoms with Crippen LogP contribution in [0.4, 0.5) is 4.39 Å². The molecule has 0 atom stereocenters. The largest absolute Gasteiger partial charge is 0.497 e. The number of amides is 1. The number of hydrogen-bond acceptors (Lipinski definition) is 2. The van der Waals surface area contributed by atoms with Crippen LogP contribution >= 0.6 is 11.6 Å². The van der Waals surface area contributed by atoms with Crippen LogP contribution in [0.3, 0.4) is 0 Å². The van der Waals surface area contributed by atoms with Crippen LogP contribution in [0, 0.1) is 5.82 Å². The number of alkyl halides is 1. The van der Waals surface area contributed by atoms with Gasteiger partial charge in [0, 0.05) is 24.5 Å². The van der Waals surface area contributed by atoms with Crippen LogP contribution in [-0.4, -0.2) is 36.4 Å². The molecule has 0 unspecified atom stereocenters. The Hall–Kier alpha value is -1.29. The highest BCUT2D eigenvalue weighted by Crippen LogP contribution is 2.20. The summed E-state index contributed by atoms with van der Waals surface area (Å²) in [4.78, 5) is 14.2.